The van der Waals surface area contributed by atoms with Crippen LogP contribution in [-0.4, -0.2) is 42.4 Å². The fraction of sp³-hybridized carbons (Fsp3) is 0.353. The van der Waals surface area contributed by atoms with E-state index < -0.39 is 18.1 Å². The highest BCUT2D eigenvalue weighted by atomic mass is 16.6. The van der Waals surface area contributed by atoms with Crippen molar-refractivity contribution in [2.45, 2.75) is 19.1 Å². The zero-order valence-corrected chi connectivity index (χ0v) is 12.7. The van der Waals surface area contributed by atoms with Crippen LogP contribution in [0, 0.1) is 5.92 Å². The summed E-state index contributed by atoms with van der Waals surface area (Å²) in [6.07, 6.45) is 1.18. The summed E-state index contributed by atoms with van der Waals surface area (Å²) in [5.41, 5.74) is 1.66. The number of ketones is 1. The zero-order valence-electron chi connectivity index (χ0n) is 12.7. The molecule has 6 nitrogen and oxygen atoms in total. The van der Waals surface area contributed by atoms with Crippen molar-refractivity contribution >= 4 is 17.8 Å². The van der Waals surface area contributed by atoms with Crippen molar-refractivity contribution in [1.82, 2.24) is 4.90 Å². The van der Waals surface area contributed by atoms with Crippen molar-refractivity contribution in [3.63, 3.8) is 0 Å². The minimum absolute atomic E-state index is 0.0174. The molecule has 0 radical (unpaired) electrons. The van der Waals surface area contributed by atoms with E-state index in [9.17, 15) is 14.4 Å². The first-order valence-corrected chi connectivity index (χ1v) is 7.38. The normalized spacial score (nSPS) is 22.6. The Kier molecular flexibility index (Phi) is 4.14. The molecule has 0 spiro atoms. The first kappa shape index (κ1) is 15.3. The molecule has 0 bridgehead atoms. The Morgan fingerprint density at radius 1 is 1.26 bits per heavy atom. The maximum atomic E-state index is 12.3. The van der Waals surface area contributed by atoms with Crippen LogP contribution < -0.4 is 0 Å². The Hall–Kier alpha value is -2.63. The van der Waals surface area contributed by atoms with Crippen LogP contribution in [-0.2, 0) is 25.7 Å². The van der Waals surface area contributed by atoms with Gasteiger partial charge in [0.15, 0.2) is 5.78 Å². The van der Waals surface area contributed by atoms with Crippen molar-refractivity contribution in [3.8, 4) is 0 Å². The molecule has 1 aliphatic carbocycles. The molecule has 120 valence electrons. The quantitative estimate of drug-likeness (QED) is 0.794. The summed E-state index contributed by atoms with van der Waals surface area (Å²) < 4.78 is 10.1. The van der Waals surface area contributed by atoms with Crippen LogP contribution in [0.2, 0.25) is 0 Å². The van der Waals surface area contributed by atoms with Crippen LogP contribution in [0.15, 0.2) is 42.0 Å². The predicted octanol–water partition coefficient (Wildman–Crippen LogP) is 1.70. The Morgan fingerprint density at radius 3 is 2.70 bits per heavy atom. The summed E-state index contributed by atoms with van der Waals surface area (Å²) in [4.78, 5) is 37.3. The number of allylic oxidation sites excluding steroid dienone is 1. The maximum Gasteiger partial charge on any atom is 0.411 e. The van der Waals surface area contributed by atoms with Gasteiger partial charge in [-0.25, -0.2) is 9.59 Å². The highest BCUT2D eigenvalue weighted by molar-refractivity contribution is 5.96. The molecular weight excluding hydrogens is 298 g/mol. The highest BCUT2D eigenvalue weighted by Gasteiger charge is 2.49. The molecule has 1 heterocycles. The second-order valence-electron chi connectivity index (χ2n) is 5.63. The first-order chi connectivity index (χ1) is 11.1. The molecule has 1 aliphatic heterocycles. The number of carbonyl (C=O) groups excluding carboxylic acids is 3. The van der Waals surface area contributed by atoms with E-state index in [-0.39, 0.29) is 31.3 Å². The van der Waals surface area contributed by atoms with Crippen LogP contribution in [0.4, 0.5) is 4.79 Å². The number of esters is 1. The summed E-state index contributed by atoms with van der Waals surface area (Å²) >= 11 is 0. The standard InChI is InChI=1S/C17H17NO5/c1-22-16(20)15-14-8-13(19)7-12(14)9-18(15)17(21)23-10-11-5-3-2-4-6-11/h2-7,14-15H,8-10H2,1H3. The number of carbonyl (C=O) groups is 3. The molecule has 2 unspecified atom stereocenters. The number of hydrogen-bond donors (Lipinski definition) is 0. The summed E-state index contributed by atoms with van der Waals surface area (Å²) in [6.45, 7) is 0.358. The van der Waals surface area contributed by atoms with Gasteiger partial charge < -0.3 is 9.47 Å². The zero-order chi connectivity index (χ0) is 16.4. The molecule has 1 saturated heterocycles. The van der Waals surface area contributed by atoms with Gasteiger partial charge in [-0.1, -0.05) is 30.3 Å². The first-order valence-electron chi connectivity index (χ1n) is 7.38. The molecule has 1 amide bonds. The van der Waals surface area contributed by atoms with E-state index in [0.29, 0.717) is 0 Å². The molecule has 23 heavy (non-hydrogen) atoms. The summed E-state index contributed by atoms with van der Waals surface area (Å²) in [5.74, 6) is -0.833. The van der Waals surface area contributed by atoms with Gasteiger partial charge in [-0.2, -0.15) is 0 Å². The van der Waals surface area contributed by atoms with Gasteiger partial charge in [0.1, 0.15) is 12.6 Å². The van der Waals surface area contributed by atoms with E-state index >= 15 is 0 Å². The number of amides is 1. The van der Waals surface area contributed by atoms with E-state index in [1.54, 1.807) is 0 Å². The minimum Gasteiger partial charge on any atom is -0.467 e. The van der Waals surface area contributed by atoms with Crippen molar-refractivity contribution in [1.29, 1.82) is 0 Å². The van der Waals surface area contributed by atoms with Crippen molar-refractivity contribution in [2.75, 3.05) is 13.7 Å². The fourth-order valence-electron chi connectivity index (χ4n) is 3.10. The molecule has 1 aromatic carbocycles. The number of likely N-dealkylation sites (tertiary alicyclic amines) is 1. The monoisotopic (exact) mass is 315 g/mol. The fourth-order valence-corrected chi connectivity index (χ4v) is 3.10. The van der Waals surface area contributed by atoms with Gasteiger partial charge in [-0.15, -0.1) is 0 Å². The van der Waals surface area contributed by atoms with Crippen molar-refractivity contribution < 1.29 is 23.9 Å². The number of hydrogen-bond acceptors (Lipinski definition) is 5. The van der Waals surface area contributed by atoms with Crippen molar-refractivity contribution in [3.05, 3.63) is 47.5 Å². The lowest BCUT2D eigenvalue weighted by atomic mass is 9.97. The van der Waals surface area contributed by atoms with Gasteiger partial charge in [0.05, 0.1) is 7.11 Å². The Labute approximate surface area is 133 Å². The molecule has 1 aromatic rings. The van der Waals surface area contributed by atoms with Gasteiger partial charge in [0.2, 0.25) is 0 Å². The number of benzene rings is 1. The highest BCUT2D eigenvalue weighted by Crippen LogP contribution is 2.37. The van der Waals surface area contributed by atoms with Crippen LogP contribution in [0.25, 0.3) is 0 Å². The molecule has 2 aliphatic rings. The number of rotatable bonds is 3. The largest absolute Gasteiger partial charge is 0.467 e. The average Bonchev–Trinajstić information content (AvgIpc) is 3.08. The summed E-state index contributed by atoms with van der Waals surface area (Å²) in [7, 11) is 1.27. The second-order valence-corrected chi connectivity index (χ2v) is 5.63. The second kappa shape index (κ2) is 6.24. The Balaban J connectivity index is 1.72. The number of ether oxygens (including phenoxy) is 2. The number of nitrogens with zero attached hydrogens (tertiary/aromatic N) is 1. The van der Waals surface area contributed by atoms with Crippen LogP contribution in [0.3, 0.4) is 0 Å². The smallest absolute Gasteiger partial charge is 0.411 e. The van der Waals surface area contributed by atoms with Gasteiger partial charge in [0.25, 0.3) is 0 Å². The van der Waals surface area contributed by atoms with Crippen molar-refractivity contribution in [2.24, 2.45) is 5.92 Å². The van der Waals surface area contributed by atoms with Gasteiger partial charge in [-0.05, 0) is 17.2 Å². The number of methoxy groups -OCH3 is 1. The molecule has 0 saturated carbocycles. The van der Waals surface area contributed by atoms with E-state index in [1.165, 1.54) is 18.1 Å². The van der Waals surface area contributed by atoms with Crippen LogP contribution >= 0.6 is 0 Å². The van der Waals surface area contributed by atoms with E-state index in [4.69, 9.17) is 9.47 Å². The molecule has 2 atom stereocenters. The summed E-state index contributed by atoms with van der Waals surface area (Å²) in [5, 5.41) is 0. The molecule has 1 fully saturated rings. The number of fused-ring (bicyclic) bond motifs is 1. The van der Waals surface area contributed by atoms with Gasteiger partial charge in [0, 0.05) is 18.9 Å². The Morgan fingerprint density at radius 2 is 2.00 bits per heavy atom. The third-order valence-corrected chi connectivity index (χ3v) is 4.20. The van der Waals surface area contributed by atoms with Crippen LogP contribution in [0.5, 0.6) is 0 Å². The molecular formula is C17H17NO5. The van der Waals surface area contributed by atoms with E-state index in [1.807, 2.05) is 30.3 Å². The predicted molar refractivity (Wildman–Crippen MR) is 80.3 cm³/mol. The van der Waals surface area contributed by atoms with E-state index in [0.717, 1.165) is 11.1 Å². The van der Waals surface area contributed by atoms with Crippen LogP contribution in [0.1, 0.15) is 12.0 Å². The lowest BCUT2D eigenvalue weighted by molar-refractivity contribution is -0.146. The molecule has 0 aromatic heterocycles. The maximum absolute atomic E-state index is 12.3. The SMILES string of the molecule is COC(=O)C1C2CC(=O)C=C2CN1C(=O)OCc1ccccc1. The lowest BCUT2D eigenvalue weighted by Crippen LogP contribution is -2.44. The minimum atomic E-state index is -0.791. The van der Waals surface area contributed by atoms with Gasteiger partial charge in [-0.3, -0.25) is 9.69 Å². The summed E-state index contributed by atoms with van der Waals surface area (Å²) in [6, 6.07) is 8.51. The topological polar surface area (TPSA) is 72.9 Å². The third kappa shape index (κ3) is 2.97. The third-order valence-electron chi connectivity index (χ3n) is 4.20. The van der Waals surface area contributed by atoms with E-state index in [2.05, 4.69) is 0 Å². The molecule has 6 heteroatoms. The molecule has 0 N–H and O–H groups in total. The van der Waals surface area contributed by atoms with Gasteiger partial charge >= 0.3 is 12.1 Å². The Bertz CT molecular complexity index is 667. The average molecular weight is 315 g/mol. The lowest BCUT2D eigenvalue weighted by Gasteiger charge is -2.24. The molecule has 3 rings (SSSR count).